The van der Waals surface area contributed by atoms with E-state index in [0.717, 1.165) is 38.5 Å². The summed E-state index contributed by atoms with van der Waals surface area (Å²) in [5.74, 6) is 2.62. The lowest BCUT2D eigenvalue weighted by Crippen LogP contribution is -2.54. The molecule has 0 saturated heterocycles. The third kappa shape index (κ3) is 4.46. The molecule has 4 nitrogen and oxygen atoms in total. The van der Waals surface area contributed by atoms with Crippen molar-refractivity contribution < 1.29 is 19.7 Å². The summed E-state index contributed by atoms with van der Waals surface area (Å²) < 4.78 is 4.86. The van der Waals surface area contributed by atoms with Crippen LogP contribution in [0.5, 0.6) is 0 Å². The van der Waals surface area contributed by atoms with Gasteiger partial charge in [0.25, 0.3) is 0 Å². The van der Waals surface area contributed by atoms with Crippen molar-refractivity contribution in [3.05, 3.63) is 0 Å². The Kier molecular flexibility index (Phi) is 7.60. The van der Waals surface area contributed by atoms with Crippen molar-refractivity contribution in [1.29, 1.82) is 0 Å². The Morgan fingerprint density at radius 2 is 1.83 bits per heavy atom. The number of aliphatic hydroxyl groups is 2. The van der Waals surface area contributed by atoms with E-state index in [4.69, 9.17) is 4.74 Å². The largest absolute Gasteiger partial charge is 0.469 e. The van der Waals surface area contributed by atoms with Gasteiger partial charge in [-0.3, -0.25) is 4.79 Å². The van der Waals surface area contributed by atoms with E-state index in [1.165, 1.54) is 32.8 Å². The van der Waals surface area contributed by atoms with Gasteiger partial charge in [0, 0.05) is 6.42 Å². The Bertz CT molecular complexity index is 592. The minimum Gasteiger partial charge on any atom is -0.469 e. The molecule has 4 heteroatoms. The number of aliphatic hydroxyl groups excluding tert-OH is 2. The summed E-state index contributed by atoms with van der Waals surface area (Å²) in [6.45, 7) is 9.31. The zero-order chi connectivity index (χ0) is 22.1. The summed E-state index contributed by atoms with van der Waals surface area (Å²) in [5.41, 5.74) is 0.523. The Morgan fingerprint density at radius 1 is 1.10 bits per heavy atom. The summed E-state index contributed by atoms with van der Waals surface area (Å²) >= 11 is 0. The van der Waals surface area contributed by atoms with E-state index in [2.05, 4.69) is 27.7 Å². The molecule has 0 aromatic heterocycles. The molecule has 3 saturated carbocycles. The number of rotatable bonds is 8. The highest BCUT2D eigenvalue weighted by molar-refractivity contribution is 5.69. The first kappa shape index (κ1) is 24.0. The van der Waals surface area contributed by atoms with E-state index in [1.807, 2.05) is 0 Å². The number of carbonyl (C=O) groups is 1. The molecule has 0 amide bonds. The summed E-state index contributed by atoms with van der Waals surface area (Å²) in [6.07, 6.45) is 10.8. The van der Waals surface area contributed by atoms with Crippen LogP contribution in [-0.4, -0.2) is 35.5 Å². The summed E-state index contributed by atoms with van der Waals surface area (Å²) in [4.78, 5) is 11.7. The Hall–Kier alpha value is -0.610. The highest BCUT2D eigenvalue weighted by Crippen LogP contribution is 2.66. The van der Waals surface area contributed by atoms with Gasteiger partial charge in [-0.1, -0.05) is 27.7 Å². The molecule has 3 fully saturated rings. The quantitative estimate of drug-likeness (QED) is 0.518. The Morgan fingerprint density at radius 3 is 2.50 bits per heavy atom. The van der Waals surface area contributed by atoms with Crippen molar-refractivity contribution in [1.82, 2.24) is 0 Å². The molecule has 3 rings (SSSR count). The fraction of sp³-hybridized carbons (Fsp3) is 0.962. The summed E-state index contributed by atoms with van der Waals surface area (Å²) in [7, 11) is 1.47. The van der Waals surface area contributed by atoms with E-state index in [1.54, 1.807) is 0 Å². The zero-order valence-electron chi connectivity index (χ0n) is 20.0. The van der Waals surface area contributed by atoms with Gasteiger partial charge in [0.05, 0.1) is 19.3 Å². The smallest absolute Gasteiger partial charge is 0.305 e. The van der Waals surface area contributed by atoms with Gasteiger partial charge < -0.3 is 14.9 Å². The van der Waals surface area contributed by atoms with Crippen LogP contribution in [0.2, 0.25) is 0 Å². The third-order valence-corrected chi connectivity index (χ3v) is 10.00. The highest BCUT2D eigenvalue weighted by atomic mass is 16.5. The van der Waals surface area contributed by atoms with E-state index >= 15 is 0 Å². The van der Waals surface area contributed by atoms with Crippen LogP contribution >= 0.6 is 0 Å². The maximum Gasteiger partial charge on any atom is 0.305 e. The monoisotopic (exact) mass is 422 g/mol. The van der Waals surface area contributed by atoms with Gasteiger partial charge in [0.1, 0.15) is 0 Å². The topological polar surface area (TPSA) is 66.8 Å². The van der Waals surface area contributed by atoms with Crippen molar-refractivity contribution in [3.8, 4) is 0 Å². The maximum atomic E-state index is 11.7. The van der Waals surface area contributed by atoms with Crippen LogP contribution in [0.1, 0.15) is 98.3 Å². The zero-order valence-corrected chi connectivity index (χ0v) is 20.0. The lowest BCUT2D eigenvalue weighted by Gasteiger charge is -2.58. The molecular weight excluding hydrogens is 376 g/mol. The van der Waals surface area contributed by atoms with Crippen LogP contribution in [0.15, 0.2) is 0 Å². The molecule has 30 heavy (non-hydrogen) atoms. The van der Waals surface area contributed by atoms with Crippen LogP contribution in [0.25, 0.3) is 0 Å². The summed E-state index contributed by atoms with van der Waals surface area (Å²) in [5, 5.41) is 21.3. The van der Waals surface area contributed by atoms with Gasteiger partial charge >= 0.3 is 5.97 Å². The second-order valence-corrected chi connectivity index (χ2v) is 11.5. The SMILES string of the molecule is CC[C@H](O)CC[C@@]1(C)CC[C@@H](O)C2C1CC[C@@]1(C)C2CCC1[C@H](C)CCC(=O)OC. The molecular formula is C26H46O4. The number of carbonyl (C=O) groups excluding carboxylic acids is 1. The van der Waals surface area contributed by atoms with E-state index in [0.29, 0.717) is 36.0 Å². The van der Waals surface area contributed by atoms with Gasteiger partial charge in [-0.05, 0) is 105 Å². The van der Waals surface area contributed by atoms with Crippen LogP contribution in [0.3, 0.4) is 0 Å². The minimum absolute atomic E-state index is 0.0991. The molecule has 0 aromatic rings. The molecule has 3 aliphatic rings. The average Bonchev–Trinajstić information content (AvgIpc) is 3.09. The molecule has 4 unspecified atom stereocenters. The first-order valence-corrected chi connectivity index (χ1v) is 12.6. The Balaban J connectivity index is 1.74. The minimum atomic E-state index is -0.187. The normalized spacial score (nSPS) is 42.8. The number of esters is 1. The molecule has 0 heterocycles. The second-order valence-electron chi connectivity index (χ2n) is 11.5. The number of ether oxygens (including phenoxy) is 1. The van der Waals surface area contributed by atoms with Gasteiger partial charge in [-0.15, -0.1) is 0 Å². The lowest BCUT2D eigenvalue weighted by molar-refractivity contribution is -0.142. The fourth-order valence-electron chi connectivity index (χ4n) is 8.03. The van der Waals surface area contributed by atoms with Gasteiger partial charge in [-0.2, -0.15) is 0 Å². The number of hydrogen-bond donors (Lipinski definition) is 2. The van der Waals surface area contributed by atoms with Crippen LogP contribution in [0.4, 0.5) is 0 Å². The van der Waals surface area contributed by atoms with Crippen molar-refractivity contribution >= 4 is 5.97 Å². The van der Waals surface area contributed by atoms with Gasteiger partial charge in [0.2, 0.25) is 0 Å². The van der Waals surface area contributed by atoms with Crippen molar-refractivity contribution in [2.45, 2.75) is 111 Å². The molecule has 0 radical (unpaired) electrons. The van der Waals surface area contributed by atoms with E-state index in [-0.39, 0.29) is 29.0 Å². The van der Waals surface area contributed by atoms with Crippen LogP contribution in [-0.2, 0) is 9.53 Å². The third-order valence-electron chi connectivity index (χ3n) is 10.00. The number of methoxy groups -OCH3 is 1. The predicted octanol–water partition coefficient (Wildman–Crippen LogP) is 5.35. The molecule has 2 N–H and O–H groups in total. The van der Waals surface area contributed by atoms with E-state index in [9.17, 15) is 15.0 Å². The fourth-order valence-corrected chi connectivity index (χ4v) is 8.03. The van der Waals surface area contributed by atoms with Crippen LogP contribution in [0, 0.1) is 40.4 Å². The Labute approximate surface area is 184 Å². The van der Waals surface area contributed by atoms with Gasteiger partial charge in [0.15, 0.2) is 0 Å². The molecule has 9 atom stereocenters. The molecule has 0 aromatic carbocycles. The number of hydrogen-bond acceptors (Lipinski definition) is 4. The highest BCUT2D eigenvalue weighted by Gasteiger charge is 2.60. The van der Waals surface area contributed by atoms with Gasteiger partial charge in [-0.25, -0.2) is 0 Å². The molecule has 0 spiro atoms. The maximum absolute atomic E-state index is 11.7. The lowest BCUT2D eigenvalue weighted by atomic mass is 9.47. The predicted molar refractivity (Wildman–Crippen MR) is 120 cm³/mol. The van der Waals surface area contributed by atoms with Crippen molar-refractivity contribution in [3.63, 3.8) is 0 Å². The summed E-state index contributed by atoms with van der Waals surface area (Å²) in [6, 6.07) is 0. The van der Waals surface area contributed by atoms with Crippen molar-refractivity contribution in [2.24, 2.45) is 40.4 Å². The average molecular weight is 423 g/mol. The second kappa shape index (κ2) is 9.48. The van der Waals surface area contributed by atoms with E-state index < -0.39 is 0 Å². The first-order chi connectivity index (χ1) is 14.2. The molecule has 174 valence electrons. The van der Waals surface area contributed by atoms with Crippen molar-refractivity contribution in [2.75, 3.05) is 7.11 Å². The molecule has 3 aliphatic carbocycles. The molecule has 0 bridgehead atoms. The first-order valence-electron chi connectivity index (χ1n) is 12.6. The van der Waals surface area contributed by atoms with Crippen LogP contribution < -0.4 is 0 Å². The number of fused-ring (bicyclic) bond motifs is 3. The standard InChI is InChI=1S/C26H46O4/c1-6-18(27)11-14-25(3)15-13-22(28)24-20(25)12-16-26(4)19(8-9-21(24)26)17(2)7-10-23(29)30-5/h17-22,24,27-28H,6-16H2,1-5H3/t17-,18+,19?,20?,21?,22-,24?,25+,26-/m1/s1. The molecule has 0 aliphatic heterocycles.